The van der Waals surface area contributed by atoms with Crippen molar-refractivity contribution in [1.29, 1.82) is 0 Å². The number of aromatic nitrogens is 3. The molecule has 0 saturated heterocycles. The van der Waals surface area contributed by atoms with E-state index in [0.29, 0.717) is 21.5 Å². The first kappa shape index (κ1) is 24.8. The van der Waals surface area contributed by atoms with Gasteiger partial charge in [0.1, 0.15) is 5.75 Å². The Bertz CT molecular complexity index is 1280. The van der Waals surface area contributed by atoms with Crippen molar-refractivity contribution < 1.29 is 9.84 Å². The van der Waals surface area contributed by atoms with Crippen LogP contribution in [0.25, 0.3) is 0 Å². The first-order valence-electron chi connectivity index (χ1n) is 10.6. The molecule has 0 bridgehead atoms. The molecular weight excluding hydrogens is 467 g/mol. The molecule has 1 aromatic heterocycles. The van der Waals surface area contributed by atoms with E-state index in [4.69, 9.17) is 33.0 Å². The number of aromatic amines is 1. The molecule has 0 saturated carbocycles. The summed E-state index contributed by atoms with van der Waals surface area (Å²) in [5.41, 5.74) is 0.177. The zero-order chi connectivity index (χ0) is 24.0. The number of halogens is 2. The average molecular weight is 493 g/mol. The summed E-state index contributed by atoms with van der Waals surface area (Å²) in [4.78, 5) is 32.9. The molecule has 1 atom stereocenters. The Hall–Kier alpha value is -2.81. The Labute approximate surface area is 200 Å². The molecule has 0 unspecified atom stereocenters. The maximum Gasteiger partial charge on any atom is 0.335 e. The summed E-state index contributed by atoms with van der Waals surface area (Å²) in [6.45, 7) is 4.07. The van der Waals surface area contributed by atoms with Crippen LogP contribution in [0.4, 0.5) is 5.69 Å². The Balaban J connectivity index is 2.10. The third-order valence-electron chi connectivity index (χ3n) is 5.03. The zero-order valence-electron chi connectivity index (χ0n) is 18.4. The molecule has 0 aliphatic heterocycles. The Morgan fingerprint density at radius 3 is 2.48 bits per heavy atom. The van der Waals surface area contributed by atoms with Crippen molar-refractivity contribution in [3.05, 3.63) is 84.7 Å². The topological polar surface area (TPSA) is 102 Å². The lowest BCUT2D eigenvalue weighted by Gasteiger charge is -2.14. The normalized spacial score (nSPS) is 12.7. The van der Waals surface area contributed by atoms with E-state index in [9.17, 15) is 9.59 Å². The van der Waals surface area contributed by atoms with Crippen molar-refractivity contribution >= 4 is 28.9 Å². The van der Waals surface area contributed by atoms with Gasteiger partial charge in [0.25, 0.3) is 0 Å². The lowest BCUT2D eigenvalue weighted by molar-refractivity contribution is 0.217. The van der Waals surface area contributed by atoms with Gasteiger partial charge >= 0.3 is 11.4 Å². The maximum atomic E-state index is 13.1. The molecule has 1 heterocycles. The summed E-state index contributed by atoms with van der Waals surface area (Å²) >= 11 is 12.3. The number of rotatable bonds is 9. The number of benzene rings is 2. The molecule has 2 N–H and O–H groups in total. The summed E-state index contributed by atoms with van der Waals surface area (Å²) < 4.78 is 8.19. The van der Waals surface area contributed by atoms with Crippen molar-refractivity contribution in [3.8, 4) is 5.75 Å². The van der Waals surface area contributed by atoms with E-state index in [1.807, 2.05) is 13.8 Å². The van der Waals surface area contributed by atoms with E-state index >= 15 is 0 Å². The lowest BCUT2D eigenvalue weighted by Crippen LogP contribution is -2.50. The first-order valence-corrected chi connectivity index (χ1v) is 11.4. The SMILES string of the molecule is CC[C@@H](C)Oc1ccc(/N=c2\[nH]c(=O)n(CCCO)c(=O)n2Cc2ccc(Cl)cc2)cc1Cl. The van der Waals surface area contributed by atoms with Gasteiger partial charge in [-0.3, -0.25) is 9.55 Å². The van der Waals surface area contributed by atoms with Gasteiger partial charge in [-0.05, 0) is 55.7 Å². The second kappa shape index (κ2) is 11.4. The van der Waals surface area contributed by atoms with Crippen LogP contribution in [-0.4, -0.2) is 31.9 Å². The van der Waals surface area contributed by atoms with Gasteiger partial charge in [-0.1, -0.05) is 42.3 Å². The van der Waals surface area contributed by atoms with Crippen LogP contribution >= 0.6 is 23.2 Å². The highest BCUT2D eigenvalue weighted by Crippen LogP contribution is 2.29. The summed E-state index contributed by atoms with van der Waals surface area (Å²) in [7, 11) is 0. The third kappa shape index (κ3) is 6.37. The van der Waals surface area contributed by atoms with Crippen molar-refractivity contribution in [2.45, 2.75) is 45.9 Å². The van der Waals surface area contributed by atoms with Crippen LogP contribution in [0.3, 0.4) is 0 Å². The second-order valence-corrected chi connectivity index (χ2v) is 8.38. The van der Waals surface area contributed by atoms with Crippen molar-refractivity contribution in [3.63, 3.8) is 0 Å². The molecule has 0 spiro atoms. The fourth-order valence-corrected chi connectivity index (χ4v) is 3.41. The largest absolute Gasteiger partial charge is 0.489 e. The smallest absolute Gasteiger partial charge is 0.335 e. The van der Waals surface area contributed by atoms with E-state index in [1.54, 1.807) is 42.5 Å². The minimum atomic E-state index is -0.609. The van der Waals surface area contributed by atoms with Crippen LogP contribution in [0.15, 0.2) is 57.0 Å². The predicted molar refractivity (Wildman–Crippen MR) is 129 cm³/mol. The van der Waals surface area contributed by atoms with Gasteiger partial charge in [0, 0.05) is 18.2 Å². The molecule has 0 radical (unpaired) electrons. The molecule has 0 fully saturated rings. The summed E-state index contributed by atoms with van der Waals surface area (Å²) in [6.07, 6.45) is 1.11. The van der Waals surface area contributed by atoms with E-state index in [0.717, 1.165) is 16.6 Å². The van der Waals surface area contributed by atoms with Crippen LogP contribution in [0, 0.1) is 0 Å². The number of hydrogen-bond donors (Lipinski definition) is 2. The van der Waals surface area contributed by atoms with Crippen molar-refractivity contribution in [2.75, 3.05) is 6.61 Å². The highest BCUT2D eigenvalue weighted by atomic mass is 35.5. The Morgan fingerprint density at radius 1 is 1.12 bits per heavy atom. The van der Waals surface area contributed by atoms with E-state index < -0.39 is 11.4 Å². The highest BCUT2D eigenvalue weighted by Gasteiger charge is 2.11. The summed E-state index contributed by atoms with van der Waals surface area (Å²) in [6, 6.07) is 12.0. The zero-order valence-corrected chi connectivity index (χ0v) is 19.9. The number of aliphatic hydroxyl groups is 1. The van der Waals surface area contributed by atoms with Crippen LogP contribution in [0.1, 0.15) is 32.3 Å². The number of nitrogens with zero attached hydrogens (tertiary/aromatic N) is 3. The molecular formula is C23H26Cl2N4O4. The molecule has 3 aromatic rings. The first-order chi connectivity index (χ1) is 15.8. The predicted octanol–water partition coefficient (Wildman–Crippen LogP) is 3.49. The number of H-pyrrole nitrogens is 1. The van der Waals surface area contributed by atoms with Crippen LogP contribution in [0.5, 0.6) is 5.75 Å². The van der Waals surface area contributed by atoms with Crippen LogP contribution < -0.4 is 21.7 Å². The summed E-state index contributed by atoms with van der Waals surface area (Å²) in [5.74, 6) is 0.534. The van der Waals surface area contributed by atoms with E-state index in [2.05, 4.69) is 9.98 Å². The van der Waals surface area contributed by atoms with Gasteiger partial charge in [-0.15, -0.1) is 0 Å². The van der Waals surface area contributed by atoms with Crippen molar-refractivity contribution in [1.82, 2.24) is 14.1 Å². The van der Waals surface area contributed by atoms with Gasteiger partial charge in [-0.2, -0.15) is 0 Å². The molecule has 10 heteroatoms. The maximum absolute atomic E-state index is 13.1. The molecule has 0 aliphatic carbocycles. The second-order valence-electron chi connectivity index (χ2n) is 7.54. The lowest BCUT2D eigenvalue weighted by atomic mass is 10.2. The standard InChI is InChI=1S/C23H26Cl2N4O4/c1-3-15(2)33-20-10-9-18(13-19(20)25)26-21-27-22(31)28(11-4-12-30)23(32)29(21)14-16-5-7-17(24)8-6-16/h5-10,13,15,30H,3-4,11-12,14H2,1-2H3,(H,26,27,31)/t15-/m1/s1. The van der Waals surface area contributed by atoms with Gasteiger partial charge in [0.15, 0.2) is 0 Å². The third-order valence-corrected chi connectivity index (χ3v) is 5.58. The quantitative estimate of drug-likeness (QED) is 0.477. The van der Waals surface area contributed by atoms with Crippen LogP contribution in [-0.2, 0) is 13.1 Å². The number of hydrogen-bond acceptors (Lipinski definition) is 5. The fourth-order valence-electron chi connectivity index (χ4n) is 3.06. The van der Waals surface area contributed by atoms with Gasteiger partial charge in [-0.25, -0.2) is 19.1 Å². The Kier molecular flexibility index (Phi) is 8.55. The highest BCUT2D eigenvalue weighted by molar-refractivity contribution is 6.32. The minimum absolute atomic E-state index is 0.00897. The fraction of sp³-hybridized carbons (Fsp3) is 0.348. The molecule has 33 heavy (non-hydrogen) atoms. The van der Waals surface area contributed by atoms with Gasteiger partial charge in [0.2, 0.25) is 5.62 Å². The monoisotopic (exact) mass is 492 g/mol. The van der Waals surface area contributed by atoms with E-state index in [1.165, 1.54) is 4.57 Å². The van der Waals surface area contributed by atoms with E-state index in [-0.39, 0.29) is 37.8 Å². The molecule has 3 rings (SSSR count). The van der Waals surface area contributed by atoms with Crippen molar-refractivity contribution in [2.24, 2.45) is 4.99 Å². The van der Waals surface area contributed by atoms with Gasteiger partial charge in [0.05, 0.1) is 23.4 Å². The van der Waals surface area contributed by atoms with Gasteiger partial charge < -0.3 is 9.84 Å². The molecule has 8 nitrogen and oxygen atoms in total. The summed E-state index contributed by atoms with van der Waals surface area (Å²) in [5, 5.41) is 10.1. The average Bonchev–Trinajstić information content (AvgIpc) is 2.79. The number of aliphatic hydroxyl groups excluding tert-OH is 1. The number of ether oxygens (including phenoxy) is 1. The minimum Gasteiger partial charge on any atom is -0.489 e. The number of nitrogens with one attached hydrogen (secondary N) is 1. The molecule has 176 valence electrons. The Morgan fingerprint density at radius 2 is 1.85 bits per heavy atom. The van der Waals surface area contributed by atoms with Crippen LogP contribution in [0.2, 0.25) is 10.0 Å². The molecule has 2 aromatic carbocycles. The molecule has 0 amide bonds. The molecule has 0 aliphatic rings.